The summed E-state index contributed by atoms with van der Waals surface area (Å²) >= 11 is 0. The zero-order chi connectivity index (χ0) is 29.2. The standard InChI is InChI=1S/C36H73NO3/c1-3-5-7-9-11-13-15-17-19-21-23-25-27-29-31-37(32-34-38)33-35-40-36(39)30-28-26-24-22-20-18-16-14-12-10-8-6-4-2/h38H,3-35H2,1-2H3. The van der Waals surface area contributed by atoms with Crippen molar-refractivity contribution in [1.29, 1.82) is 0 Å². The summed E-state index contributed by atoms with van der Waals surface area (Å²) in [5.41, 5.74) is 0. The Morgan fingerprint density at radius 1 is 0.475 bits per heavy atom. The predicted octanol–water partition coefficient (Wildman–Crippen LogP) is 10.8. The van der Waals surface area contributed by atoms with Gasteiger partial charge in [-0.2, -0.15) is 0 Å². The molecule has 0 heterocycles. The van der Waals surface area contributed by atoms with Crippen molar-refractivity contribution in [2.24, 2.45) is 0 Å². The number of ether oxygens (including phenoxy) is 1. The molecule has 0 aromatic rings. The van der Waals surface area contributed by atoms with Crippen LogP contribution in [-0.2, 0) is 9.53 Å². The summed E-state index contributed by atoms with van der Waals surface area (Å²) in [4.78, 5) is 14.3. The maximum absolute atomic E-state index is 12.1. The average Bonchev–Trinajstić information content (AvgIpc) is 2.95. The normalized spacial score (nSPS) is 11.5. The maximum Gasteiger partial charge on any atom is 0.305 e. The van der Waals surface area contributed by atoms with E-state index in [-0.39, 0.29) is 12.6 Å². The van der Waals surface area contributed by atoms with Crippen molar-refractivity contribution in [2.45, 2.75) is 194 Å². The van der Waals surface area contributed by atoms with Crippen molar-refractivity contribution in [1.82, 2.24) is 4.90 Å². The van der Waals surface area contributed by atoms with E-state index in [9.17, 15) is 9.90 Å². The van der Waals surface area contributed by atoms with Gasteiger partial charge in [0.15, 0.2) is 0 Å². The van der Waals surface area contributed by atoms with Crippen LogP contribution in [-0.4, -0.2) is 48.8 Å². The third kappa shape index (κ3) is 31.9. The van der Waals surface area contributed by atoms with Gasteiger partial charge in [0.1, 0.15) is 6.61 Å². The molecular weight excluding hydrogens is 494 g/mol. The zero-order valence-corrected chi connectivity index (χ0v) is 27.5. The second kappa shape index (κ2) is 34.6. The Bertz CT molecular complexity index is 485. The van der Waals surface area contributed by atoms with Gasteiger partial charge in [-0.1, -0.05) is 174 Å². The highest BCUT2D eigenvalue weighted by Crippen LogP contribution is 2.14. The van der Waals surface area contributed by atoms with Crippen LogP contribution in [0.15, 0.2) is 0 Å². The van der Waals surface area contributed by atoms with Gasteiger partial charge in [0.2, 0.25) is 0 Å². The number of hydrogen-bond acceptors (Lipinski definition) is 4. The summed E-state index contributed by atoms with van der Waals surface area (Å²) in [5, 5.41) is 9.40. The lowest BCUT2D eigenvalue weighted by molar-refractivity contribution is -0.144. The van der Waals surface area contributed by atoms with Crippen LogP contribution in [0.3, 0.4) is 0 Å². The molecule has 0 aromatic heterocycles. The lowest BCUT2D eigenvalue weighted by atomic mass is 10.0. The van der Waals surface area contributed by atoms with Crippen LogP contribution in [0.4, 0.5) is 0 Å². The van der Waals surface area contributed by atoms with E-state index >= 15 is 0 Å². The Hall–Kier alpha value is -0.610. The summed E-state index contributed by atoms with van der Waals surface area (Å²) in [6.45, 7) is 7.60. The van der Waals surface area contributed by atoms with Crippen LogP contribution in [0.2, 0.25) is 0 Å². The number of aliphatic hydroxyl groups is 1. The highest BCUT2D eigenvalue weighted by Gasteiger charge is 2.07. The number of unbranched alkanes of at least 4 members (excludes halogenated alkanes) is 25. The van der Waals surface area contributed by atoms with Gasteiger partial charge in [0.25, 0.3) is 0 Å². The van der Waals surface area contributed by atoms with Crippen molar-refractivity contribution in [3.63, 3.8) is 0 Å². The molecule has 0 aromatic carbocycles. The maximum atomic E-state index is 12.1. The van der Waals surface area contributed by atoms with Gasteiger partial charge in [-0.25, -0.2) is 0 Å². The molecule has 0 unspecified atom stereocenters. The first kappa shape index (κ1) is 39.4. The molecule has 0 rings (SSSR count). The molecule has 0 saturated heterocycles. The molecule has 0 bridgehead atoms. The third-order valence-electron chi connectivity index (χ3n) is 8.40. The molecule has 0 fully saturated rings. The van der Waals surface area contributed by atoms with E-state index in [1.807, 2.05) is 0 Å². The molecular formula is C36H73NO3. The van der Waals surface area contributed by atoms with Crippen molar-refractivity contribution in [3.05, 3.63) is 0 Å². The first-order valence-corrected chi connectivity index (χ1v) is 18.2. The van der Waals surface area contributed by atoms with Gasteiger partial charge in [-0.15, -0.1) is 0 Å². The Kier molecular flexibility index (Phi) is 34.1. The fourth-order valence-corrected chi connectivity index (χ4v) is 5.65. The zero-order valence-electron chi connectivity index (χ0n) is 27.5. The van der Waals surface area contributed by atoms with Gasteiger partial charge in [-0.05, 0) is 19.4 Å². The second-order valence-electron chi connectivity index (χ2n) is 12.4. The molecule has 4 nitrogen and oxygen atoms in total. The van der Waals surface area contributed by atoms with E-state index in [1.54, 1.807) is 0 Å². The Morgan fingerprint density at radius 2 is 0.825 bits per heavy atom. The van der Waals surface area contributed by atoms with Gasteiger partial charge < -0.3 is 9.84 Å². The number of carbonyl (C=O) groups is 1. The highest BCUT2D eigenvalue weighted by molar-refractivity contribution is 5.69. The summed E-state index contributed by atoms with van der Waals surface area (Å²) < 4.78 is 5.49. The molecule has 0 amide bonds. The van der Waals surface area contributed by atoms with E-state index in [1.165, 1.54) is 161 Å². The number of carbonyl (C=O) groups excluding carboxylic acids is 1. The molecule has 4 heteroatoms. The van der Waals surface area contributed by atoms with Crippen LogP contribution >= 0.6 is 0 Å². The number of esters is 1. The minimum atomic E-state index is -0.0523. The lowest BCUT2D eigenvalue weighted by Crippen LogP contribution is -2.32. The molecule has 0 atom stereocenters. The lowest BCUT2D eigenvalue weighted by Gasteiger charge is -2.21. The van der Waals surface area contributed by atoms with E-state index in [4.69, 9.17) is 4.74 Å². The fourth-order valence-electron chi connectivity index (χ4n) is 5.65. The number of aliphatic hydroxyl groups excluding tert-OH is 1. The summed E-state index contributed by atoms with van der Waals surface area (Å²) in [7, 11) is 0. The molecule has 0 spiro atoms. The van der Waals surface area contributed by atoms with Crippen LogP contribution in [0, 0.1) is 0 Å². The predicted molar refractivity (Wildman–Crippen MR) is 175 cm³/mol. The van der Waals surface area contributed by atoms with Crippen molar-refractivity contribution in [2.75, 3.05) is 32.8 Å². The number of nitrogens with zero attached hydrogens (tertiary/aromatic N) is 1. The molecule has 0 radical (unpaired) electrons. The average molecular weight is 568 g/mol. The van der Waals surface area contributed by atoms with Crippen molar-refractivity contribution in [3.8, 4) is 0 Å². The number of hydrogen-bond donors (Lipinski definition) is 1. The minimum absolute atomic E-state index is 0.0523. The monoisotopic (exact) mass is 568 g/mol. The van der Waals surface area contributed by atoms with Gasteiger partial charge >= 0.3 is 5.97 Å². The first-order chi connectivity index (χ1) is 19.7. The Balaban J connectivity index is 3.49. The Morgan fingerprint density at radius 3 is 1.20 bits per heavy atom. The summed E-state index contributed by atoms with van der Waals surface area (Å²) in [5.74, 6) is -0.0523. The quantitative estimate of drug-likeness (QED) is 0.0620. The van der Waals surface area contributed by atoms with E-state index in [2.05, 4.69) is 18.7 Å². The van der Waals surface area contributed by atoms with Crippen molar-refractivity contribution >= 4 is 5.97 Å². The molecule has 0 aliphatic rings. The largest absolute Gasteiger partial charge is 0.464 e. The van der Waals surface area contributed by atoms with Crippen LogP contribution in [0.1, 0.15) is 194 Å². The summed E-state index contributed by atoms with van der Waals surface area (Å²) in [6.07, 6.45) is 36.9. The van der Waals surface area contributed by atoms with Crippen LogP contribution in [0.5, 0.6) is 0 Å². The van der Waals surface area contributed by atoms with Crippen LogP contribution in [0.25, 0.3) is 0 Å². The van der Waals surface area contributed by atoms with Gasteiger partial charge in [0, 0.05) is 19.5 Å². The molecule has 1 N–H and O–H groups in total. The molecule has 0 aliphatic heterocycles. The molecule has 0 saturated carbocycles. The van der Waals surface area contributed by atoms with E-state index in [0.29, 0.717) is 19.6 Å². The molecule has 240 valence electrons. The van der Waals surface area contributed by atoms with Crippen molar-refractivity contribution < 1.29 is 14.6 Å². The van der Waals surface area contributed by atoms with E-state index in [0.717, 1.165) is 25.9 Å². The van der Waals surface area contributed by atoms with Gasteiger partial charge in [0.05, 0.1) is 6.61 Å². The smallest absolute Gasteiger partial charge is 0.305 e. The van der Waals surface area contributed by atoms with Crippen LogP contribution < -0.4 is 0 Å². The molecule has 0 aliphatic carbocycles. The third-order valence-corrected chi connectivity index (χ3v) is 8.40. The topological polar surface area (TPSA) is 49.8 Å². The minimum Gasteiger partial charge on any atom is -0.464 e. The first-order valence-electron chi connectivity index (χ1n) is 18.2. The van der Waals surface area contributed by atoms with Gasteiger partial charge in [-0.3, -0.25) is 9.69 Å². The molecule has 40 heavy (non-hydrogen) atoms. The fraction of sp³-hybridized carbons (Fsp3) is 0.972. The number of rotatable bonds is 34. The summed E-state index contributed by atoms with van der Waals surface area (Å²) in [6, 6.07) is 0. The highest BCUT2D eigenvalue weighted by atomic mass is 16.5. The van der Waals surface area contributed by atoms with E-state index < -0.39 is 0 Å². The second-order valence-corrected chi connectivity index (χ2v) is 12.4. The SMILES string of the molecule is CCCCCCCCCCCCCCCCN(CCO)CCOC(=O)CCCCCCCCCCCCCCC. The Labute approximate surface area is 251 Å².